The van der Waals surface area contributed by atoms with Gasteiger partial charge in [-0.25, -0.2) is 0 Å². The van der Waals surface area contributed by atoms with Crippen LogP contribution in [-0.2, 0) is 9.53 Å². The minimum absolute atomic E-state index is 0.0202. The number of carbonyl (C=O) groups excluding carboxylic acids is 1. The van der Waals surface area contributed by atoms with Gasteiger partial charge in [0.1, 0.15) is 0 Å². The fourth-order valence-electron chi connectivity index (χ4n) is 1.24. The van der Waals surface area contributed by atoms with Gasteiger partial charge in [0.05, 0.1) is 19.0 Å². The lowest BCUT2D eigenvalue weighted by Crippen LogP contribution is -2.28. The molecule has 0 unspecified atom stereocenters. The molecule has 3 nitrogen and oxygen atoms in total. The Balaban J connectivity index is 2.11. The molecule has 104 valence electrons. The molecule has 0 aliphatic rings. The maximum atomic E-state index is 11.6. The van der Waals surface area contributed by atoms with Crippen LogP contribution in [0.3, 0.4) is 0 Å². The first-order chi connectivity index (χ1) is 9.08. The molecular weight excluding hydrogens is 326 g/mol. The number of hydrogen-bond donors (Lipinski definition) is 1. The van der Waals surface area contributed by atoms with Crippen molar-refractivity contribution in [3.63, 3.8) is 0 Å². The zero-order valence-electron chi connectivity index (χ0n) is 10.9. The monoisotopic (exact) mass is 343 g/mol. The highest BCUT2D eigenvalue weighted by atomic mass is 79.9. The van der Waals surface area contributed by atoms with Crippen LogP contribution in [0.1, 0.15) is 6.92 Å². The Bertz CT molecular complexity index is 420. The molecule has 1 N–H and O–H groups in total. The van der Waals surface area contributed by atoms with Crippen LogP contribution in [0.4, 0.5) is 0 Å². The molecule has 0 bridgehead atoms. The van der Waals surface area contributed by atoms with Gasteiger partial charge in [-0.1, -0.05) is 28.1 Å². The van der Waals surface area contributed by atoms with Crippen molar-refractivity contribution in [1.82, 2.24) is 5.32 Å². The summed E-state index contributed by atoms with van der Waals surface area (Å²) in [5, 5.41) is 2.81. The second-order valence-electron chi connectivity index (χ2n) is 4.10. The normalized spacial score (nSPS) is 10.2. The van der Waals surface area contributed by atoms with E-state index in [2.05, 4.69) is 27.8 Å². The van der Waals surface area contributed by atoms with Crippen LogP contribution in [0.15, 0.2) is 45.8 Å². The van der Waals surface area contributed by atoms with E-state index in [4.69, 9.17) is 4.74 Å². The summed E-state index contributed by atoms with van der Waals surface area (Å²) in [4.78, 5) is 12.6. The molecule has 0 heterocycles. The summed E-state index contributed by atoms with van der Waals surface area (Å²) < 4.78 is 6.33. The Hall–Kier alpha value is -0.780. The van der Waals surface area contributed by atoms with Crippen molar-refractivity contribution >= 4 is 33.6 Å². The largest absolute Gasteiger partial charge is 0.375 e. The molecule has 1 aromatic rings. The van der Waals surface area contributed by atoms with Gasteiger partial charge in [0, 0.05) is 15.9 Å². The smallest absolute Gasteiger partial charge is 0.230 e. The van der Waals surface area contributed by atoms with Crippen molar-refractivity contribution in [2.24, 2.45) is 0 Å². The number of carbonyl (C=O) groups is 1. The van der Waals surface area contributed by atoms with E-state index < -0.39 is 0 Å². The van der Waals surface area contributed by atoms with Gasteiger partial charge in [-0.3, -0.25) is 4.79 Å². The average molecular weight is 344 g/mol. The molecule has 19 heavy (non-hydrogen) atoms. The maximum absolute atomic E-state index is 11.6. The minimum Gasteiger partial charge on any atom is -0.375 e. The third-order valence-electron chi connectivity index (χ3n) is 2.10. The molecule has 0 radical (unpaired) electrons. The van der Waals surface area contributed by atoms with Crippen LogP contribution in [0.25, 0.3) is 0 Å². The van der Waals surface area contributed by atoms with E-state index in [9.17, 15) is 4.79 Å². The van der Waals surface area contributed by atoms with Gasteiger partial charge in [-0.15, -0.1) is 11.8 Å². The zero-order valence-corrected chi connectivity index (χ0v) is 13.4. The second kappa shape index (κ2) is 9.18. The summed E-state index contributed by atoms with van der Waals surface area (Å²) in [6.45, 7) is 7.24. The zero-order chi connectivity index (χ0) is 14.1. The number of benzene rings is 1. The molecule has 1 aromatic carbocycles. The molecule has 0 fully saturated rings. The van der Waals surface area contributed by atoms with Crippen LogP contribution in [0, 0.1) is 0 Å². The molecule has 5 heteroatoms. The van der Waals surface area contributed by atoms with Gasteiger partial charge in [0.15, 0.2) is 0 Å². The maximum Gasteiger partial charge on any atom is 0.230 e. The summed E-state index contributed by atoms with van der Waals surface area (Å²) >= 11 is 4.89. The van der Waals surface area contributed by atoms with Crippen molar-refractivity contribution < 1.29 is 9.53 Å². The number of nitrogens with one attached hydrogen (secondary N) is 1. The molecule has 1 rings (SSSR count). The Labute approximate surface area is 126 Å². The molecule has 1 amide bonds. The lowest BCUT2D eigenvalue weighted by molar-refractivity contribution is -0.118. The van der Waals surface area contributed by atoms with Gasteiger partial charge in [0.25, 0.3) is 0 Å². The quantitative estimate of drug-likeness (QED) is 0.447. The van der Waals surface area contributed by atoms with E-state index >= 15 is 0 Å². The first-order valence-corrected chi connectivity index (χ1v) is 7.73. The molecule has 0 spiro atoms. The third-order valence-corrected chi connectivity index (χ3v) is 3.64. The van der Waals surface area contributed by atoms with E-state index in [0.717, 1.165) is 14.9 Å². The predicted molar refractivity (Wildman–Crippen MR) is 83.5 cm³/mol. The van der Waals surface area contributed by atoms with E-state index in [0.29, 0.717) is 25.5 Å². The van der Waals surface area contributed by atoms with Crippen molar-refractivity contribution in [3.8, 4) is 0 Å². The summed E-state index contributed by atoms with van der Waals surface area (Å²) in [6.07, 6.45) is 0. The first-order valence-electron chi connectivity index (χ1n) is 5.95. The van der Waals surface area contributed by atoms with Crippen molar-refractivity contribution in [3.05, 3.63) is 40.9 Å². The minimum atomic E-state index is 0.0202. The van der Waals surface area contributed by atoms with Crippen molar-refractivity contribution in [2.45, 2.75) is 11.8 Å². The van der Waals surface area contributed by atoms with Gasteiger partial charge < -0.3 is 10.1 Å². The summed E-state index contributed by atoms with van der Waals surface area (Å²) in [7, 11) is 0. The lowest BCUT2D eigenvalue weighted by Gasteiger charge is -2.06. The van der Waals surface area contributed by atoms with Crippen LogP contribution in [-0.4, -0.2) is 31.4 Å². The number of thioether (sulfide) groups is 1. The molecule has 0 aromatic heterocycles. The SMILES string of the molecule is C=C(C)COCCNC(=O)CSc1ccc(Br)cc1. The molecule has 0 atom stereocenters. The third kappa shape index (κ3) is 8.08. The fraction of sp³-hybridized carbons (Fsp3) is 0.357. The summed E-state index contributed by atoms with van der Waals surface area (Å²) in [5.41, 5.74) is 0.983. The Morgan fingerprint density at radius 3 is 2.74 bits per heavy atom. The molecule has 0 aliphatic heterocycles. The molecule has 0 saturated carbocycles. The standard InChI is InChI=1S/C14H18BrNO2S/c1-11(2)9-18-8-7-16-14(17)10-19-13-5-3-12(15)4-6-13/h3-6H,1,7-10H2,2H3,(H,16,17). The van der Waals surface area contributed by atoms with Crippen molar-refractivity contribution in [2.75, 3.05) is 25.5 Å². The Kier molecular flexibility index (Phi) is 7.86. The highest BCUT2D eigenvalue weighted by Gasteiger charge is 2.02. The van der Waals surface area contributed by atoms with Gasteiger partial charge in [0.2, 0.25) is 5.91 Å². The summed E-state index contributed by atoms with van der Waals surface area (Å²) in [6, 6.07) is 7.90. The number of halogens is 1. The van der Waals surface area contributed by atoms with Gasteiger partial charge >= 0.3 is 0 Å². The van der Waals surface area contributed by atoms with Crippen LogP contribution >= 0.6 is 27.7 Å². The lowest BCUT2D eigenvalue weighted by atomic mass is 10.4. The number of rotatable bonds is 8. The predicted octanol–water partition coefficient (Wildman–Crippen LogP) is 3.25. The van der Waals surface area contributed by atoms with E-state index in [1.807, 2.05) is 31.2 Å². The van der Waals surface area contributed by atoms with Crippen molar-refractivity contribution in [1.29, 1.82) is 0 Å². The fourth-order valence-corrected chi connectivity index (χ4v) is 2.23. The van der Waals surface area contributed by atoms with E-state index in [1.54, 1.807) is 0 Å². The van der Waals surface area contributed by atoms with Gasteiger partial charge in [-0.05, 0) is 31.2 Å². The van der Waals surface area contributed by atoms with Crippen LogP contribution < -0.4 is 5.32 Å². The van der Waals surface area contributed by atoms with Gasteiger partial charge in [-0.2, -0.15) is 0 Å². The van der Waals surface area contributed by atoms with Crippen LogP contribution in [0.2, 0.25) is 0 Å². The first kappa shape index (κ1) is 16.3. The topological polar surface area (TPSA) is 38.3 Å². The molecule has 0 saturated heterocycles. The van der Waals surface area contributed by atoms with E-state index in [-0.39, 0.29) is 5.91 Å². The Morgan fingerprint density at radius 2 is 2.11 bits per heavy atom. The summed E-state index contributed by atoms with van der Waals surface area (Å²) in [5.74, 6) is 0.439. The second-order valence-corrected chi connectivity index (χ2v) is 6.07. The number of ether oxygens (including phenoxy) is 1. The number of amides is 1. The molecule has 0 aliphatic carbocycles. The highest BCUT2D eigenvalue weighted by molar-refractivity contribution is 9.10. The Morgan fingerprint density at radius 1 is 1.42 bits per heavy atom. The number of hydrogen-bond acceptors (Lipinski definition) is 3. The average Bonchev–Trinajstić information content (AvgIpc) is 2.37. The van der Waals surface area contributed by atoms with E-state index in [1.165, 1.54) is 11.8 Å². The molecular formula is C14H18BrNO2S. The highest BCUT2D eigenvalue weighted by Crippen LogP contribution is 2.20. The van der Waals surface area contributed by atoms with Crippen LogP contribution in [0.5, 0.6) is 0 Å².